The third-order valence-electron chi connectivity index (χ3n) is 3.86. The first-order chi connectivity index (χ1) is 10.2. The van der Waals surface area contributed by atoms with Crippen LogP contribution in [0.1, 0.15) is 50.1 Å². The van der Waals surface area contributed by atoms with Gasteiger partial charge in [0.05, 0.1) is 24.9 Å². The van der Waals surface area contributed by atoms with E-state index in [0.29, 0.717) is 12.5 Å². The summed E-state index contributed by atoms with van der Waals surface area (Å²) in [7, 11) is 1.63. The number of methoxy groups -OCH3 is 1. The van der Waals surface area contributed by atoms with E-state index in [0.717, 1.165) is 29.8 Å². The minimum Gasteiger partial charge on any atom is -0.497 e. The molecule has 21 heavy (non-hydrogen) atoms. The van der Waals surface area contributed by atoms with Crippen LogP contribution in [0.5, 0.6) is 5.75 Å². The maximum Gasteiger partial charge on any atom is 0.119 e. The molecule has 0 aliphatic heterocycles. The van der Waals surface area contributed by atoms with Gasteiger partial charge < -0.3 is 9.84 Å². The highest BCUT2D eigenvalue weighted by Gasteiger charge is 2.13. The Morgan fingerprint density at radius 1 is 1.24 bits per heavy atom. The van der Waals surface area contributed by atoms with E-state index in [1.807, 2.05) is 41.2 Å². The lowest BCUT2D eigenvalue weighted by molar-refractivity contribution is 0.176. The summed E-state index contributed by atoms with van der Waals surface area (Å²) in [5.74, 6) is 0.758. The fourth-order valence-electron chi connectivity index (χ4n) is 2.52. The first-order valence-electron chi connectivity index (χ1n) is 7.54. The molecule has 0 aliphatic rings. The summed E-state index contributed by atoms with van der Waals surface area (Å²) in [4.78, 5) is 0. The van der Waals surface area contributed by atoms with Crippen LogP contribution in [0.4, 0.5) is 0 Å². The van der Waals surface area contributed by atoms with Gasteiger partial charge in [-0.25, -0.2) is 0 Å². The molecule has 1 N–H and O–H groups in total. The summed E-state index contributed by atoms with van der Waals surface area (Å²) in [5, 5.41) is 14.9. The zero-order chi connectivity index (χ0) is 15.2. The van der Waals surface area contributed by atoms with Crippen LogP contribution in [0.2, 0.25) is 0 Å². The number of nitrogens with zero attached hydrogens (tertiary/aromatic N) is 2. The van der Waals surface area contributed by atoms with Crippen LogP contribution in [-0.2, 0) is 6.42 Å². The van der Waals surface area contributed by atoms with Gasteiger partial charge in [0.1, 0.15) is 5.75 Å². The largest absolute Gasteiger partial charge is 0.497 e. The van der Waals surface area contributed by atoms with Crippen molar-refractivity contribution >= 4 is 0 Å². The van der Waals surface area contributed by atoms with Gasteiger partial charge in [0, 0.05) is 12.6 Å². The highest BCUT2D eigenvalue weighted by atomic mass is 16.5. The van der Waals surface area contributed by atoms with Gasteiger partial charge in [-0.05, 0) is 36.6 Å². The molecule has 0 aliphatic carbocycles. The second-order valence-electron chi connectivity index (χ2n) is 5.25. The van der Waals surface area contributed by atoms with Crippen LogP contribution in [-0.4, -0.2) is 22.0 Å². The Morgan fingerprint density at radius 2 is 2.00 bits per heavy atom. The fraction of sp³-hybridized carbons (Fsp3) is 0.471. The Balaban J connectivity index is 2.07. The van der Waals surface area contributed by atoms with Crippen molar-refractivity contribution in [3.8, 4) is 5.75 Å². The van der Waals surface area contributed by atoms with Crippen LogP contribution in [0, 0.1) is 0 Å². The predicted octanol–water partition coefficient (Wildman–Crippen LogP) is 3.53. The van der Waals surface area contributed by atoms with E-state index in [1.54, 1.807) is 7.11 Å². The maximum absolute atomic E-state index is 10.4. The van der Waals surface area contributed by atoms with Gasteiger partial charge in [0.15, 0.2) is 0 Å². The van der Waals surface area contributed by atoms with Crippen molar-refractivity contribution in [1.82, 2.24) is 9.78 Å². The third-order valence-corrected chi connectivity index (χ3v) is 3.86. The van der Waals surface area contributed by atoms with Crippen molar-refractivity contribution in [2.24, 2.45) is 0 Å². The molecule has 0 radical (unpaired) electrons. The summed E-state index contributed by atoms with van der Waals surface area (Å²) in [5.41, 5.74) is 1.77. The van der Waals surface area contributed by atoms with E-state index in [9.17, 15) is 5.11 Å². The number of ether oxygens (including phenoxy) is 1. The van der Waals surface area contributed by atoms with E-state index in [1.165, 1.54) is 0 Å². The average molecular weight is 288 g/mol. The molecule has 0 amide bonds. The van der Waals surface area contributed by atoms with Crippen LogP contribution in [0.15, 0.2) is 36.5 Å². The molecule has 2 rings (SSSR count). The van der Waals surface area contributed by atoms with Gasteiger partial charge in [0.2, 0.25) is 0 Å². The molecule has 1 aromatic carbocycles. The molecule has 0 saturated heterocycles. The Labute approximate surface area is 126 Å². The van der Waals surface area contributed by atoms with Crippen LogP contribution in [0.3, 0.4) is 0 Å². The standard InChI is InChI=1S/C17H24N2O2/c1-4-15(5-2)19-10-9-14(18-19)12-17(20)13-7-6-8-16(11-13)21-3/h6-11,15,17,20H,4-5,12H2,1-3H3. The van der Waals surface area contributed by atoms with E-state index in [4.69, 9.17) is 4.74 Å². The molecule has 0 spiro atoms. The molecular formula is C17H24N2O2. The van der Waals surface area contributed by atoms with E-state index in [2.05, 4.69) is 18.9 Å². The van der Waals surface area contributed by atoms with Gasteiger partial charge in [-0.1, -0.05) is 26.0 Å². The normalized spacial score (nSPS) is 12.6. The lowest BCUT2D eigenvalue weighted by Gasteiger charge is -2.13. The average Bonchev–Trinajstić information content (AvgIpc) is 2.97. The molecule has 4 nitrogen and oxygen atoms in total. The molecular weight excluding hydrogens is 264 g/mol. The molecule has 1 unspecified atom stereocenters. The van der Waals surface area contributed by atoms with Crippen molar-refractivity contribution in [1.29, 1.82) is 0 Å². The smallest absolute Gasteiger partial charge is 0.119 e. The molecule has 0 bridgehead atoms. The molecule has 1 aromatic heterocycles. The van der Waals surface area contributed by atoms with E-state index < -0.39 is 6.10 Å². The summed E-state index contributed by atoms with van der Waals surface area (Å²) in [6.45, 7) is 4.33. The topological polar surface area (TPSA) is 47.3 Å². The van der Waals surface area contributed by atoms with Crippen molar-refractivity contribution in [3.63, 3.8) is 0 Å². The molecule has 4 heteroatoms. The minimum absolute atomic E-state index is 0.438. The molecule has 2 aromatic rings. The summed E-state index contributed by atoms with van der Waals surface area (Å²) in [6.07, 6.45) is 4.09. The zero-order valence-electron chi connectivity index (χ0n) is 13.0. The Kier molecular flexibility index (Phi) is 5.39. The van der Waals surface area contributed by atoms with Crippen molar-refractivity contribution in [3.05, 3.63) is 47.8 Å². The zero-order valence-corrected chi connectivity index (χ0v) is 13.0. The maximum atomic E-state index is 10.4. The lowest BCUT2D eigenvalue weighted by Crippen LogP contribution is -2.09. The summed E-state index contributed by atoms with van der Waals surface area (Å²) >= 11 is 0. The van der Waals surface area contributed by atoms with Gasteiger partial charge >= 0.3 is 0 Å². The second kappa shape index (κ2) is 7.27. The van der Waals surface area contributed by atoms with Gasteiger partial charge in [-0.3, -0.25) is 4.68 Å². The molecule has 0 saturated carbocycles. The number of hydrogen-bond donors (Lipinski definition) is 1. The van der Waals surface area contributed by atoms with Crippen molar-refractivity contribution in [2.75, 3.05) is 7.11 Å². The molecule has 1 atom stereocenters. The molecule has 114 valence electrons. The first-order valence-corrected chi connectivity index (χ1v) is 7.54. The Morgan fingerprint density at radius 3 is 2.67 bits per heavy atom. The quantitative estimate of drug-likeness (QED) is 0.848. The summed E-state index contributed by atoms with van der Waals surface area (Å²) < 4.78 is 7.20. The van der Waals surface area contributed by atoms with Crippen molar-refractivity contribution in [2.45, 2.75) is 45.3 Å². The summed E-state index contributed by atoms with van der Waals surface area (Å²) in [6, 6.07) is 9.96. The number of rotatable bonds is 7. The minimum atomic E-state index is -0.565. The van der Waals surface area contributed by atoms with Gasteiger partial charge in [-0.15, -0.1) is 0 Å². The number of aromatic nitrogens is 2. The second-order valence-corrected chi connectivity index (χ2v) is 5.25. The van der Waals surface area contributed by atoms with Crippen LogP contribution < -0.4 is 4.74 Å². The predicted molar refractivity (Wildman–Crippen MR) is 83.5 cm³/mol. The van der Waals surface area contributed by atoms with E-state index >= 15 is 0 Å². The number of aliphatic hydroxyl groups is 1. The highest BCUT2D eigenvalue weighted by Crippen LogP contribution is 2.22. The SMILES string of the molecule is CCC(CC)n1ccc(CC(O)c2cccc(OC)c2)n1. The van der Waals surface area contributed by atoms with E-state index in [-0.39, 0.29) is 0 Å². The molecule has 1 heterocycles. The Bertz CT molecular complexity index is 561. The first kappa shape index (κ1) is 15.6. The number of benzene rings is 1. The van der Waals surface area contributed by atoms with Crippen LogP contribution >= 0.6 is 0 Å². The lowest BCUT2D eigenvalue weighted by atomic mass is 10.0. The monoisotopic (exact) mass is 288 g/mol. The third kappa shape index (κ3) is 3.85. The van der Waals surface area contributed by atoms with Gasteiger partial charge in [-0.2, -0.15) is 5.10 Å². The fourth-order valence-corrected chi connectivity index (χ4v) is 2.52. The Hall–Kier alpha value is -1.81. The number of hydrogen-bond acceptors (Lipinski definition) is 3. The molecule has 0 fully saturated rings. The highest BCUT2D eigenvalue weighted by molar-refractivity contribution is 5.30. The van der Waals surface area contributed by atoms with Crippen LogP contribution in [0.25, 0.3) is 0 Å². The van der Waals surface area contributed by atoms with Gasteiger partial charge in [0.25, 0.3) is 0 Å². The number of aliphatic hydroxyl groups excluding tert-OH is 1. The van der Waals surface area contributed by atoms with Crippen molar-refractivity contribution < 1.29 is 9.84 Å².